The van der Waals surface area contributed by atoms with Gasteiger partial charge in [-0.15, -0.1) is 35.4 Å². The zero-order valence-electron chi connectivity index (χ0n) is 27.3. The van der Waals surface area contributed by atoms with Crippen LogP contribution in [0.25, 0.3) is 4.85 Å². The van der Waals surface area contributed by atoms with Crippen LogP contribution in [0.15, 0.2) is 146 Å². The van der Waals surface area contributed by atoms with Gasteiger partial charge in [0, 0.05) is 0 Å². The van der Waals surface area contributed by atoms with Gasteiger partial charge in [0.2, 0.25) is 0 Å². The molecule has 239 valence electrons. The van der Waals surface area contributed by atoms with Crippen molar-refractivity contribution in [1.82, 2.24) is 15.0 Å². The summed E-state index contributed by atoms with van der Waals surface area (Å²) in [5.74, 6) is 4.55. The van der Waals surface area contributed by atoms with Gasteiger partial charge in [-0.05, 0) is 80.2 Å². The van der Waals surface area contributed by atoms with Crippen molar-refractivity contribution in [3.05, 3.63) is 181 Å². The minimum absolute atomic E-state index is 0. The van der Waals surface area contributed by atoms with Crippen molar-refractivity contribution in [2.45, 2.75) is 0 Å². The average molecular weight is 776 g/mol. The molecule has 0 N–H and O–H groups in total. The first-order valence-corrected chi connectivity index (χ1v) is 20.3. The van der Waals surface area contributed by atoms with Gasteiger partial charge in [0.25, 0.3) is 0 Å². The first-order valence-electron chi connectivity index (χ1n) is 14.9. The maximum Gasteiger partial charge on any atom is 3.00 e. The molecule has 4 heterocycles. The molecule has 0 saturated carbocycles. The Morgan fingerprint density at radius 3 is 0.898 bits per heavy atom. The summed E-state index contributed by atoms with van der Waals surface area (Å²) < 4.78 is 0. The van der Waals surface area contributed by atoms with E-state index in [0.717, 1.165) is 43.7 Å². The Bertz CT molecular complexity index is 1730. The molecular formula is C41H33N4P3Ru+. The molecule has 6 aromatic rings. The zero-order chi connectivity index (χ0) is 34.1. The van der Waals surface area contributed by atoms with E-state index in [2.05, 4.69) is 91.3 Å². The van der Waals surface area contributed by atoms with Crippen LogP contribution in [0, 0.1) is 31.3 Å². The number of nitrogens with zero attached hydrogens (tertiary/aromatic N) is 4. The second-order valence-electron chi connectivity index (χ2n) is 10.2. The predicted molar refractivity (Wildman–Crippen MR) is 207 cm³/mol. The van der Waals surface area contributed by atoms with Gasteiger partial charge in [-0.1, -0.05) is 84.9 Å². The van der Waals surface area contributed by atoms with Crippen LogP contribution in [0.3, 0.4) is 0 Å². The van der Waals surface area contributed by atoms with E-state index in [1.165, 1.54) is 0 Å². The van der Waals surface area contributed by atoms with Crippen LogP contribution in [-0.2, 0) is 19.5 Å². The summed E-state index contributed by atoms with van der Waals surface area (Å²) in [4.78, 5) is 18.1. The van der Waals surface area contributed by atoms with Gasteiger partial charge < -0.3 is 12.8 Å². The van der Waals surface area contributed by atoms with Crippen LogP contribution < -0.4 is 32.6 Å². The fourth-order valence-electron chi connectivity index (χ4n) is 4.25. The van der Waals surface area contributed by atoms with E-state index in [4.69, 9.17) is 34.4 Å². The van der Waals surface area contributed by atoms with Crippen LogP contribution in [0.1, 0.15) is 11.1 Å². The summed E-state index contributed by atoms with van der Waals surface area (Å²) in [5, 5.41) is 0. The Kier molecular flexibility index (Phi) is 16.6. The number of rotatable bonds is 0. The van der Waals surface area contributed by atoms with Crippen molar-refractivity contribution in [3.63, 3.8) is 0 Å². The van der Waals surface area contributed by atoms with Crippen molar-refractivity contribution in [2.75, 3.05) is 20.0 Å². The summed E-state index contributed by atoms with van der Waals surface area (Å²) in [6, 6.07) is 47.1. The van der Waals surface area contributed by atoms with Crippen molar-refractivity contribution < 1.29 is 19.5 Å². The van der Waals surface area contributed by atoms with E-state index in [0.29, 0.717) is 5.69 Å². The van der Waals surface area contributed by atoms with E-state index < -0.39 is 23.8 Å². The molecule has 4 nitrogen and oxygen atoms in total. The largest absolute Gasteiger partial charge is 3.00 e. The van der Waals surface area contributed by atoms with E-state index in [1.54, 1.807) is 12.1 Å². The Hall–Kier alpha value is -4.37. The number of fused-ring (bicyclic) bond motifs is 6. The molecule has 1 aliphatic heterocycles. The smallest absolute Gasteiger partial charge is 0.366 e. The summed E-state index contributed by atoms with van der Waals surface area (Å²) in [5.41, 5.74) is 9.26. The molecule has 3 aromatic carbocycles. The molecule has 0 fully saturated rings. The first-order chi connectivity index (χ1) is 23.4. The topological polar surface area (TPSA) is 43.0 Å². The number of aromatic nitrogens is 3. The van der Waals surface area contributed by atoms with E-state index in [-0.39, 0.29) is 19.5 Å². The van der Waals surface area contributed by atoms with E-state index in [9.17, 15) is 0 Å². The fourth-order valence-corrected chi connectivity index (χ4v) is 8.60. The van der Waals surface area contributed by atoms with E-state index >= 15 is 0 Å². The Labute approximate surface area is 307 Å². The van der Waals surface area contributed by atoms with Crippen LogP contribution in [-0.4, -0.2) is 34.9 Å². The maximum atomic E-state index is 6.69. The summed E-state index contributed by atoms with van der Waals surface area (Å²) in [7, 11) is -1.58. The summed E-state index contributed by atoms with van der Waals surface area (Å²) >= 11 is 0. The molecule has 7 rings (SSSR count). The average Bonchev–Trinajstić information content (AvgIpc) is 3.18. The van der Waals surface area contributed by atoms with Gasteiger partial charge in [-0.25, -0.2) is 19.8 Å². The van der Waals surface area contributed by atoms with Crippen LogP contribution in [0.4, 0.5) is 5.69 Å². The molecule has 0 aliphatic carbocycles. The second kappa shape index (κ2) is 20.9. The summed E-state index contributed by atoms with van der Waals surface area (Å²) in [6.45, 7) is 13.3. The Morgan fingerprint density at radius 1 is 0.429 bits per heavy atom. The molecular weight excluding hydrogens is 742 g/mol. The van der Waals surface area contributed by atoms with E-state index in [1.807, 2.05) is 78.9 Å². The van der Waals surface area contributed by atoms with Crippen molar-refractivity contribution in [1.29, 1.82) is 0 Å². The zero-order valence-corrected chi connectivity index (χ0v) is 31.8. The number of hydrogen-bond donors (Lipinski definition) is 0. The van der Waals surface area contributed by atoms with Gasteiger partial charge in [-0.2, -0.15) is 0 Å². The normalized spacial score (nSPS) is 14.8. The minimum Gasteiger partial charge on any atom is -0.366 e. The molecule has 6 bridgehead atoms. The predicted octanol–water partition coefficient (Wildman–Crippen LogP) is 6.86. The maximum absolute atomic E-state index is 6.69. The van der Waals surface area contributed by atoms with Crippen LogP contribution in [0.2, 0.25) is 0 Å². The minimum atomic E-state index is -0.527. The van der Waals surface area contributed by atoms with Crippen molar-refractivity contribution >= 4 is 62.1 Å². The molecule has 0 amide bonds. The monoisotopic (exact) mass is 776 g/mol. The quantitative estimate of drug-likeness (QED) is 0.0734. The molecule has 49 heavy (non-hydrogen) atoms. The van der Waals surface area contributed by atoms with Crippen molar-refractivity contribution in [3.8, 4) is 11.8 Å². The third-order valence-electron chi connectivity index (χ3n) is 6.94. The Balaban J connectivity index is 0.000000212. The standard InChI is InChI=1S/C18H18N3P3.2C8H5.C7H5N.Ru/c1-22-13-7-4-9-15(19-13)23(2)17-11-6-12-18(21-17)24(3)16-10-5-8-14(22)20-16;2*1-2-8-6-4-3-5-7-8;1-8-7-5-3-2-4-6-7;/h4-12H,1-3H3;2*3-7H;2-6H;/q;2*-1;;+3. The molecule has 0 unspecified atom stereocenters. The molecule has 1 radical (unpaired) electrons. The molecule has 8 heteroatoms. The third kappa shape index (κ3) is 11.9. The molecule has 1 aliphatic rings. The second-order valence-corrected chi connectivity index (χ2v) is 16.3. The molecule has 0 atom stereocenters. The van der Waals surface area contributed by atoms with Crippen LogP contribution >= 0.6 is 23.8 Å². The van der Waals surface area contributed by atoms with Crippen molar-refractivity contribution in [2.24, 2.45) is 0 Å². The van der Waals surface area contributed by atoms with Gasteiger partial charge >= 0.3 is 19.5 Å². The van der Waals surface area contributed by atoms with Gasteiger partial charge in [0.05, 0.1) is 39.2 Å². The first kappa shape index (κ1) is 39.1. The molecule has 0 spiro atoms. The number of hydrogen-bond acceptors (Lipinski definition) is 3. The molecule has 0 saturated heterocycles. The number of pyridine rings is 3. The SMILES string of the molecule is CP1c2cccc(n2)P(C)c2cccc(n2)P(C)c2cccc1n2.[C-]#Cc1ccccc1.[C-]#Cc1ccccc1.[C-]#[N+]c1ccccc1.[Ru+3]. The fraction of sp³-hybridized carbons (Fsp3) is 0.0732. The Morgan fingerprint density at radius 2 is 0.694 bits per heavy atom. The molecule has 3 aromatic heterocycles. The van der Waals surface area contributed by atoms with Gasteiger partial charge in [0.15, 0.2) is 5.69 Å². The number of benzene rings is 3. The van der Waals surface area contributed by atoms with Gasteiger partial charge in [-0.3, -0.25) is 11.8 Å². The number of para-hydroxylation sites is 1. The third-order valence-corrected chi connectivity index (χ3v) is 12.6. The van der Waals surface area contributed by atoms with Crippen LogP contribution in [0.5, 0.6) is 0 Å². The summed E-state index contributed by atoms with van der Waals surface area (Å²) in [6.07, 6.45) is 13.4. The van der Waals surface area contributed by atoms with Gasteiger partial charge in [0.1, 0.15) is 0 Å².